The van der Waals surface area contributed by atoms with Crippen molar-refractivity contribution in [1.29, 1.82) is 0 Å². The highest BCUT2D eigenvalue weighted by atomic mass is 79.9. The summed E-state index contributed by atoms with van der Waals surface area (Å²) in [7, 11) is 0. The molecule has 1 aromatic rings. The lowest BCUT2D eigenvalue weighted by Gasteiger charge is -2.15. The van der Waals surface area contributed by atoms with Gasteiger partial charge < -0.3 is 5.73 Å². The number of aromatic nitrogens is 2. The molecule has 1 fully saturated rings. The maximum atomic E-state index is 11.5. The molecule has 0 aromatic carbocycles. The zero-order chi connectivity index (χ0) is 10.1. The van der Waals surface area contributed by atoms with Crippen molar-refractivity contribution >= 4 is 33.5 Å². The molecule has 5 nitrogen and oxygen atoms in total. The lowest BCUT2D eigenvalue weighted by molar-refractivity contribution is -0.117. The molecule has 2 N–H and O–H groups in total. The van der Waals surface area contributed by atoms with Gasteiger partial charge in [-0.3, -0.25) is 9.69 Å². The molecule has 14 heavy (non-hydrogen) atoms. The number of hydrogen-bond donors (Lipinski definition) is 1. The van der Waals surface area contributed by atoms with Crippen molar-refractivity contribution < 1.29 is 4.79 Å². The fraction of sp³-hybridized carbons (Fsp3) is 0.375. The van der Waals surface area contributed by atoms with E-state index in [1.54, 1.807) is 4.90 Å². The summed E-state index contributed by atoms with van der Waals surface area (Å²) in [6, 6.07) is 0. The second-order valence-electron chi connectivity index (χ2n) is 3.07. The summed E-state index contributed by atoms with van der Waals surface area (Å²) in [5.74, 6) is 0.779. The summed E-state index contributed by atoms with van der Waals surface area (Å²) in [6.07, 6.45) is 3.52. The van der Waals surface area contributed by atoms with Crippen molar-refractivity contribution in [1.82, 2.24) is 9.97 Å². The minimum atomic E-state index is 0.0269. The predicted octanol–water partition coefficient (Wildman–Crippen LogP) is 0.559. The van der Waals surface area contributed by atoms with Gasteiger partial charge in [0.25, 0.3) is 0 Å². The Labute approximate surface area is 89.5 Å². The molecule has 1 atom stereocenters. The third-order valence-electron chi connectivity index (χ3n) is 2.04. The van der Waals surface area contributed by atoms with Crippen molar-refractivity contribution in [2.24, 2.45) is 0 Å². The smallest absolute Gasteiger partial charge is 0.229 e. The highest BCUT2D eigenvalue weighted by Crippen LogP contribution is 2.25. The molecule has 1 aliphatic heterocycles. The Kier molecular flexibility index (Phi) is 2.37. The van der Waals surface area contributed by atoms with E-state index in [0.29, 0.717) is 24.6 Å². The minimum Gasteiger partial charge on any atom is -0.381 e. The van der Waals surface area contributed by atoms with Crippen LogP contribution in [0.25, 0.3) is 0 Å². The second kappa shape index (κ2) is 3.53. The van der Waals surface area contributed by atoms with E-state index < -0.39 is 0 Å². The maximum absolute atomic E-state index is 11.5. The number of carbonyl (C=O) groups is 1. The van der Waals surface area contributed by atoms with Crippen LogP contribution in [-0.2, 0) is 4.79 Å². The van der Waals surface area contributed by atoms with Gasteiger partial charge in [0.1, 0.15) is 0 Å². The number of rotatable bonds is 1. The Morgan fingerprint density at radius 1 is 1.50 bits per heavy atom. The maximum Gasteiger partial charge on any atom is 0.229 e. The SMILES string of the molecule is Nc1nccnc1N1CC(Br)CC1=O. The van der Waals surface area contributed by atoms with Gasteiger partial charge in [0.15, 0.2) is 11.6 Å². The molecule has 0 spiro atoms. The highest BCUT2D eigenvalue weighted by molar-refractivity contribution is 9.09. The number of hydrogen-bond acceptors (Lipinski definition) is 4. The second-order valence-corrected chi connectivity index (χ2v) is 4.37. The first-order valence-electron chi connectivity index (χ1n) is 4.19. The van der Waals surface area contributed by atoms with Gasteiger partial charge in [0.05, 0.1) is 0 Å². The van der Waals surface area contributed by atoms with Gasteiger partial charge in [-0.2, -0.15) is 0 Å². The number of halogens is 1. The van der Waals surface area contributed by atoms with Crippen LogP contribution >= 0.6 is 15.9 Å². The van der Waals surface area contributed by atoms with Crippen molar-refractivity contribution in [2.45, 2.75) is 11.2 Å². The Morgan fingerprint density at radius 3 is 2.79 bits per heavy atom. The van der Waals surface area contributed by atoms with E-state index in [2.05, 4.69) is 25.9 Å². The van der Waals surface area contributed by atoms with Crippen LogP contribution in [0.5, 0.6) is 0 Å². The van der Waals surface area contributed by atoms with Gasteiger partial charge in [-0.15, -0.1) is 0 Å². The normalized spacial score (nSPS) is 21.6. The Hall–Kier alpha value is -1.17. The summed E-state index contributed by atoms with van der Waals surface area (Å²) >= 11 is 3.39. The summed E-state index contributed by atoms with van der Waals surface area (Å²) in [5, 5.41) is 0. The van der Waals surface area contributed by atoms with E-state index in [4.69, 9.17) is 5.73 Å². The lowest BCUT2D eigenvalue weighted by atomic mass is 10.4. The van der Waals surface area contributed by atoms with Gasteiger partial charge in [-0.1, -0.05) is 15.9 Å². The number of nitrogen functional groups attached to an aromatic ring is 1. The molecule has 1 aromatic heterocycles. The highest BCUT2D eigenvalue weighted by Gasteiger charge is 2.30. The minimum absolute atomic E-state index is 0.0269. The molecular formula is C8H9BrN4O. The number of nitrogens with zero attached hydrogens (tertiary/aromatic N) is 3. The van der Waals surface area contributed by atoms with Crippen molar-refractivity contribution in [3.8, 4) is 0 Å². The average molecular weight is 257 g/mol. The number of carbonyl (C=O) groups excluding carboxylic acids is 1. The zero-order valence-electron chi connectivity index (χ0n) is 7.35. The van der Waals surface area contributed by atoms with Crippen LogP contribution in [0, 0.1) is 0 Å². The molecule has 2 heterocycles. The summed E-state index contributed by atoms with van der Waals surface area (Å²) in [5.41, 5.74) is 5.63. The molecule has 6 heteroatoms. The third-order valence-corrected chi connectivity index (χ3v) is 2.65. The summed E-state index contributed by atoms with van der Waals surface area (Å²) in [4.78, 5) is 21.2. The van der Waals surface area contributed by atoms with Gasteiger partial charge in [-0.05, 0) is 0 Å². The number of anilines is 2. The molecular weight excluding hydrogens is 248 g/mol. The number of nitrogens with two attached hydrogens (primary N) is 1. The fourth-order valence-electron chi connectivity index (χ4n) is 1.42. The lowest BCUT2D eigenvalue weighted by Crippen LogP contribution is -2.26. The van der Waals surface area contributed by atoms with Crippen LogP contribution in [0.1, 0.15) is 6.42 Å². The van der Waals surface area contributed by atoms with Crippen LogP contribution in [-0.4, -0.2) is 27.2 Å². The monoisotopic (exact) mass is 256 g/mol. The number of amides is 1. The third kappa shape index (κ3) is 1.57. The number of alkyl halides is 1. The summed E-state index contributed by atoms with van der Waals surface area (Å²) < 4.78 is 0. The van der Waals surface area contributed by atoms with Crippen molar-refractivity contribution in [3.05, 3.63) is 12.4 Å². The van der Waals surface area contributed by atoms with Crippen LogP contribution in [0.15, 0.2) is 12.4 Å². The van der Waals surface area contributed by atoms with Crippen molar-refractivity contribution in [3.63, 3.8) is 0 Å². The predicted molar refractivity (Wildman–Crippen MR) is 56.1 cm³/mol. The quantitative estimate of drug-likeness (QED) is 0.746. The van der Waals surface area contributed by atoms with E-state index >= 15 is 0 Å². The van der Waals surface area contributed by atoms with E-state index in [0.717, 1.165) is 0 Å². The first kappa shape index (κ1) is 9.39. The molecule has 74 valence electrons. The Balaban J connectivity index is 2.32. The standard InChI is InChI=1S/C8H9BrN4O/c9-5-3-6(14)13(4-5)8-7(10)11-1-2-12-8/h1-2,5H,3-4H2,(H2,10,11). The van der Waals surface area contributed by atoms with Crippen LogP contribution in [0.2, 0.25) is 0 Å². The van der Waals surface area contributed by atoms with Crippen LogP contribution in [0.4, 0.5) is 11.6 Å². The first-order valence-corrected chi connectivity index (χ1v) is 5.11. The zero-order valence-corrected chi connectivity index (χ0v) is 8.94. The van der Waals surface area contributed by atoms with Gasteiger partial charge in [0, 0.05) is 30.2 Å². The van der Waals surface area contributed by atoms with Crippen LogP contribution in [0.3, 0.4) is 0 Å². The largest absolute Gasteiger partial charge is 0.381 e. The molecule has 1 amide bonds. The van der Waals surface area contributed by atoms with Crippen molar-refractivity contribution in [2.75, 3.05) is 17.2 Å². The van der Waals surface area contributed by atoms with Gasteiger partial charge in [-0.25, -0.2) is 9.97 Å². The molecule has 0 saturated carbocycles. The molecule has 0 bridgehead atoms. The van der Waals surface area contributed by atoms with E-state index in [9.17, 15) is 4.79 Å². The first-order chi connectivity index (χ1) is 6.68. The molecule has 0 aliphatic carbocycles. The molecule has 1 saturated heterocycles. The van der Waals surface area contributed by atoms with E-state index in [-0.39, 0.29) is 10.7 Å². The average Bonchev–Trinajstić information content (AvgIpc) is 2.46. The molecule has 0 radical (unpaired) electrons. The van der Waals surface area contributed by atoms with E-state index in [1.165, 1.54) is 12.4 Å². The Morgan fingerprint density at radius 2 is 2.21 bits per heavy atom. The Bertz CT molecular complexity index is 370. The fourth-order valence-corrected chi connectivity index (χ4v) is 1.98. The summed E-state index contributed by atoms with van der Waals surface area (Å²) in [6.45, 7) is 0.599. The molecule has 1 unspecified atom stereocenters. The van der Waals surface area contributed by atoms with Gasteiger partial charge >= 0.3 is 0 Å². The molecule has 2 rings (SSSR count). The van der Waals surface area contributed by atoms with Crippen LogP contribution < -0.4 is 10.6 Å². The molecule has 1 aliphatic rings. The van der Waals surface area contributed by atoms with Gasteiger partial charge in [0.2, 0.25) is 5.91 Å². The topological polar surface area (TPSA) is 72.1 Å². The van der Waals surface area contributed by atoms with E-state index in [1.807, 2.05) is 0 Å².